The molecule has 0 amide bonds. The molecule has 0 saturated heterocycles. The molecular formula is C17H15ClF4. The van der Waals surface area contributed by atoms with E-state index >= 15 is 0 Å². The van der Waals surface area contributed by atoms with Crippen LogP contribution in [-0.2, 0) is 6.18 Å². The average molecular weight is 331 g/mol. The Kier molecular flexibility index (Phi) is 5.46. The summed E-state index contributed by atoms with van der Waals surface area (Å²) in [5, 5.41) is 0. The van der Waals surface area contributed by atoms with Crippen LogP contribution < -0.4 is 0 Å². The van der Waals surface area contributed by atoms with Crippen LogP contribution in [0.15, 0.2) is 48.5 Å². The van der Waals surface area contributed by atoms with Crippen LogP contribution >= 0.6 is 11.6 Å². The summed E-state index contributed by atoms with van der Waals surface area (Å²) >= 11 is 5.72. The Morgan fingerprint density at radius 1 is 0.864 bits per heavy atom. The summed E-state index contributed by atoms with van der Waals surface area (Å²) in [5.41, 5.74) is 0.961. The van der Waals surface area contributed by atoms with Crippen LogP contribution in [0.4, 0.5) is 17.6 Å². The topological polar surface area (TPSA) is 0 Å². The second-order valence-corrected chi connectivity index (χ2v) is 5.43. The zero-order valence-corrected chi connectivity index (χ0v) is 12.5. The van der Waals surface area contributed by atoms with Crippen LogP contribution in [0.3, 0.4) is 0 Å². The highest BCUT2D eigenvalue weighted by Gasteiger charge is 2.30. The van der Waals surface area contributed by atoms with E-state index in [-0.39, 0.29) is 11.7 Å². The number of alkyl halides is 4. The van der Waals surface area contributed by atoms with Gasteiger partial charge in [-0.05, 0) is 48.2 Å². The summed E-state index contributed by atoms with van der Waals surface area (Å²) in [4.78, 5) is 0. The Morgan fingerprint density at radius 2 is 1.36 bits per heavy atom. The molecule has 118 valence electrons. The molecule has 0 aromatic heterocycles. The first kappa shape index (κ1) is 16.8. The SMILES string of the molecule is Fc1ccc(C(CCCCl)c2ccc(C(F)(F)F)cc2)cc1. The molecule has 22 heavy (non-hydrogen) atoms. The smallest absolute Gasteiger partial charge is 0.207 e. The minimum atomic E-state index is -4.35. The Morgan fingerprint density at radius 3 is 1.82 bits per heavy atom. The monoisotopic (exact) mass is 330 g/mol. The van der Waals surface area contributed by atoms with Gasteiger partial charge in [0.05, 0.1) is 5.56 Å². The van der Waals surface area contributed by atoms with E-state index in [0.29, 0.717) is 12.3 Å². The van der Waals surface area contributed by atoms with E-state index < -0.39 is 11.7 Å². The van der Waals surface area contributed by atoms with Crippen molar-refractivity contribution in [1.82, 2.24) is 0 Å². The quantitative estimate of drug-likeness (QED) is 0.466. The van der Waals surface area contributed by atoms with Crippen molar-refractivity contribution in [2.75, 3.05) is 5.88 Å². The van der Waals surface area contributed by atoms with Crippen molar-refractivity contribution in [3.63, 3.8) is 0 Å². The van der Waals surface area contributed by atoms with Crippen molar-refractivity contribution in [3.05, 3.63) is 71.0 Å². The molecule has 2 rings (SSSR count). The molecule has 0 N–H and O–H groups in total. The third kappa shape index (κ3) is 4.23. The molecule has 0 heterocycles. The van der Waals surface area contributed by atoms with Crippen LogP contribution in [0.5, 0.6) is 0 Å². The average Bonchev–Trinajstić information content (AvgIpc) is 2.49. The number of hydrogen-bond acceptors (Lipinski definition) is 0. The van der Waals surface area contributed by atoms with Gasteiger partial charge in [-0.2, -0.15) is 13.2 Å². The number of hydrogen-bond donors (Lipinski definition) is 0. The summed E-state index contributed by atoms with van der Waals surface area (Å²) in [6.45, 7) is 0. The van der Waals surface area contributed by atoms with Crippen LogP contribution in [0.2, 0.25) is 0 Å². The highest BCUT2D eigenvalue weighted by atomic mass is 35.5. The third-order valence-electron chi connectivity index (χ3n) is 3.54. The first-order chi connectivity index (χ1) is 10.4. The van der Waals surface area contributed by atoms with Gasteiger partial charge in [-0.3, -0.25) is 0 Å². The lowest BCUT2D eigenvalue weighted by molar-refractivity contribution is -0.137. The van der Waals surface area contributed by atoms with Gasteiger partial charge < -0.3 is 0 Å². The fraction of sp³-hybridized carbons (Fsp3) is 0.294. The number of halogens is 5. The zero-order chi connectivity index (χ0) is 16.2. The van der Waals surface area contributed by atoms with Gasteiger partial charge >= 0.3 is 6.18 Å². The van der Waals surface area contributed by atoms with Crippen molar-refractivity contribution in [1.29, 1.82) is 0 Å². The fourth-order valence-corrected chi connectivity index (χ4v) is 2.56. The maximum atomic E-state index is 13.0. The van der Waals surface area contributed by atoms with Crippen LogP contribution in [0.25, 0.3) is 0 Å². The van der Waals surface area contributed by atoms with E-state index in [9.17, 15) is 17.6 Å². The molecule has 0 aliphatic carbocycles. The van der Waals surface area contributed by atoms with Gasteiger partial charge in [0.15, 0.2) is 0 Å². The molecule has 0 spiro atoms. The van der Waals surface area contributed by atoms with E-state index in [1.807, 2.05) is 0 Å². The molecule has 0 aliphatic rings. The van der Waals surface area contributed by atoms with Crippen LogP contribution in [0, 0.1) is 5.82 Å². The Hall–Kier alpha value is -1.55. The summed E-state index contributed by atoms with van der Waals surface area (Å²) < 4.78 is 50.9. The maximum Gasteiger partial charge on any atom is 0.416 e. The molecule has 0 nitrogen and oxygen atoms in total. The molecule has 2 aromatic rings. The van der Waals surface area contributed by atoms with Gasteiger partial charge in [0.2, 0.25) is 0 Å². The zero-order valence-electron chi connectivity index (χ0n) is 11.7. The minimum absolute atomic E-state index is 0.0957. The van der Waals surface area contributed by atoms with Gasteiger partial charge in [0, 0.05) is 11.8 Å². The summed E-state index contributed by atoms with van der Waals surface area (Å²) in [7, 11) is 0. The maximum absolute atomic E-state index is 13.0. The van der Waals surface area contributed by atoms with Crippen molar-refractivity contribution in [2.45, 2.75) is 24.9 Å². The largest absolute Gasteiger partial charge is 0.416 e. The van der Waals surface area contributed by atoms with Crippen LogP contribution in [0.1, 0.15) is 35.4 Å². The molecule has 0 radical (unpaired) electrons. The van der Waals surface area contributed by atoms with E-state index in [2.05, 4.69) is 0 Å². The van der Waals surface area contributed by atoms with Crippen molar-refractivity contribution < 1.29 is 17.6 Å². The van der Waals surface area contributed by atoms with Gasteiger partial charge in [0.25, 0.3) is 0 Å². The molecular weight excluding hydrogens is 316 g/mol. The van der Waals surface area contributed by atoms with Gasteiger partial charge in [-0.15, -0.1) is 11.6 Å². The predicted molar refractivity (Wildman–Crippen MR) is 79.6 cm³/mol. The summed E-state index contributed by atoms with van der Waals surface area (Å²) in [5.74, 6) is 0.0344. The van der Waals surface area contributed by atoms with E-state index in [4.69, 9.17) is 11.6 Å². The lowest BCUT2D eigenvalue weighted by Crippen LogP contribution is -2.06. The molecule has 0 bridgehead atoms. The Labute approximate surface area is 131 Å². The molecule has 1 atom stereocenters. The minimum Gasteiger partial charge on any atom is -0.207 e. The number of rotatable bonds is 5. The second-order valence-electron chi connectivity index (χ2n) is 5.06. The number of benzene rings is 2. The van der Waals surface area contributed by atoms with Gasteiger partial charge in [-0.1, -0.05) is 24.3 Å². The van der Waals surface area contributed by atoms with Gasteiger partial charge in [-0.25, -0.2) is 4.39 Å². The van der Waals surface area contributed by atoms with E-state index in [0.717, 1.165) is 29.7 Å². The molecule has 0 saturated carbocycles. The second kappa shape index (κ2) is 7.14. The van der Waals surface area contributed by atoms with Crippen molar-refractivity contribution in [2.24, 2.45) is 0 Å². The highest BCUT2D eigenvalue weighted by Crippen LogP contribution is 2.33. The molecule has 5 heteroatoms. The summed E-state index contributed by atoms with van der Waals surface area (Å²) in [6, 6.07) is 11.1. The summed E-state index contributed by atoms with van der Waals surface area (Å²) in [6.07, 6.45) is -2.93. The third-order valence-corrected chi connectivity index (χ3v) is 3.81. The van der Waals surface area contributed by atoms with Crippen molar-refractivity contribution in [3.8, 4) is 0 Å². The predicted octanol–water partition coefficient (Wildman–Crippen LogP) is 6.00. The normalized spacial score (nSPS) is 13.1. The standard InChI is InChI=1S/C17H15ClF4/c18-11-1-2-16(13-5-9-15(19)10-6-13)12-3-7-14(8-4-12)17(20,21)22/h3-10,16H,1-2,11H2. The molecule has 0 fully saturated rings. The molecule has 2 aromatic carbocycles. The van der Waals surface area contributed by atoms with E-state index in [1.165, 1.54) is 24.3 Å². The first-order valence-corrected chi connectivity index (χ1v) is 7.44. The van der Waals surface area contributed by atoms with Crippen molar-refractivity contribution >= 4 is 11.6 Å². The fourth-order valence-electron chi connectivity index (χ4n) is 2.41. The molecule has 0 aliphatic heterocycles. The van der Waals surface area contributed by atoms with Gasteiger partial charge in [0.1, 0.15) is 5.82 Å². The van der Waals surface area contributed by atoms with E-state index in [1.54, 1.807) is 12.1 Å². The van der Waals surface area contributed by atoms with Crippen LogP contribution in [-0.4, -0.2) is 5.88 Å². The highest BCUT2D eigenvalue weighted by molar-refractivity contribution is 6.17. The Bertz CT molecular complexity index is 588. The molecule has 1 unspecified atom stereocenters. The Balaban J connectivity index is 2.30. The lowest BCUT2D eigenvalue weighted by Gasteiger charge is -2.18. The lowest BCUT2D eigenvalue weighted by atomic mass is 9.87. The first-order valence-electron chi connectivity index (χ1n) is 6.90.